The molecule has 3 aromatic carbocycles. The van der Waals surface area contributed by atoms with Crippen LogP contribution in [-0.2, 0) is 0 Å². The van der Waals surface area contributed by atoms with Crippen LogP contribution in [0.1, 0.15) is 15.9 Å². The molecule has 3 nitrogen and oxygen atoms in total. The van der Waals surface area contributed by atoms with Crippen LogP contribution in [0.2, 0.25) is 0 Å². The number of hydrogen-bond donors (Lipinski definition) is 1. The first-order valence-electron chi connectivity index (χ1n) is 7.52. The molecule has 0 aromatic heterocycles. The number of halogens is 1. The Morgan fingerprint density at radius 2 is 1.62 bits per heavy atom. The van der Waals surface area contributed by atoms with E-state index in [9.17, 15) is 9.18 Å². The van der Waals surface area contributed by atoms with Crippen molar-refractivity contribution in [1.82, 2.24) is 0 Å². The lowest BCUT2D eigenvalue weighted by atomic mass is 10.2. The van der Waals surface area contributed by atoms with Gasteiger partial charge in [0.05, 0.1) is 0 Å². The van der Waals surface area contributed by atoms with Gasteiger partial charge in [-0.05, 0) is 55.5 Å². The number of carbonyl (C=O) groups is 1. The van der Waals surface area contributed by atoms with Gasteiger partial charge >= 0.3 is 0 Å². The zero-order valence-electron chi connectivity index (χ0n) is 13.1. The maximum absolute atomic E-state index is 12.9. The van der Waals surface area contributed by atoms with Gasteiger partial charge in [0.1, 0.15) is 17.3 Å². The molecule has 0 fully saturated rings. The Morgan fingerprint density at radius 1 is 0.917 bits per heavy atom. The quantitative estimate of drug-likeness (QED) is 0.719. The van der Waals surface area contributed by atoms with E-state index in [1.807, 2.05) is 37.3 Å². The Kier molecular flexibility index (Phi) is 4.57. The molecule has 0 saturated carbocycles. The summed E-state index contributed by atoms with van der Waals surface area (Å²) in [5, 5.41) is 2.77. The van der Waals surface area contributed by atoms with E-state index in [1.165, 1.54) is 24.3 Å². The molecule has 0 unspecified atom stereocenters. The van der Waals surface area contributed by atoms with E-state index in [0.29, 0.717) is 17.0 Å². The molecule has 0 radical (unpaired) electrons. The van der Waals surface area contributed by atoms with Crippen LogP contribution in [0.3, 0.4) is 0 Å². The lowest BCUT2D eigenvalue weighted by Crippen LogP contribution is -2.11. The predicted octanol–water partition coefficient (Wildman–Crippen LogP) is 5.18. The maximum Gasteiger partial charge on any atom is 0.255 e. The van der Waals surface area contributed by atoms with Gasteiger partial charge < -0.3 is 10.1 Å². The van der Waals surface area contributed by atoms with E-state index >= 15 is 0 Å². The molecule has 0 bridgehead atoms. The largest absolute Gasteiger partial charge is 0.457 e. The van der Waals surface area contributed by atoms with Gasteiger partial charge in [-0.15, -0.1) is 0 Å². The van der Waals surface area contributed by atoms with Gasteiger partial charge in [0.25, 0.3) is 5.91 Å². The molecule has 3 rings (SSSR count). The molecule has 0 saturated heterocycles. The normalized spacial score (nSPS) is 10.2. The van der Waals surface area contributed by atoms with Crippen LogP contribution in [0.5, 0.6) is 11.5 Å². The first kappa shape index (κ1) is 15.7. The molecular formula is C20H16FNO2. The van der Waals surface area contributed by atoms with Crippen molar-refractivity contribution in [2.24, 2.45) is 0 Å². The minimum atomic E-state index is -0.375. The molecule has 3 aromatic rings. The lowest BCUT2D eigenvalue weighted by Gasteiger charge is -2.09. The van der Waals surface area contributed by atoms with Gasteiger partial charge in [-0.1, -0.05) is 23.8 Å². The molecule has 0 heterocycles. The first-order valence-corrected chi connectivity index (χ1v) is 7.52. The second-order valence-corrected chi connectivity index (χ2v) is 5.40. The van der Waals surface area contributed by atoms with Gasteiger partial charge in [0.15, 0.2) is 0 Å². The summed E-state index contributed by atoms with van der Waals surface area (Å²) < 4.78 is 18.7. The smallest absolute Gasteiger partial charge is 0.255 e. The van der Waals surface area contributed by atoms with E-state index < -0.39 is 0 Å². The topological polar surface area (TPSA) is 38.3 Å². The Hall–Kier alpha value is -3.14. The fourth-order valence-electron chi connectivity index (χ4n) is 2.18. The number of benzene rings is 3. The first-order chi connectivity index (χ1) is 11.6. The minimum absolute atomic E-state index is 0.303. The molecule has 0 aliphatic rings. The molecule has 1 N–H and O–H groups in total. The van der Waals surface area contributed by atoms with Crippen molar-refractivity contribution < 1.29 is 13.9 Å². The van der Waals surface area contributed by atoms with Crippen LogP contribution in [0, 0.1) is 12.7 Å². The summed E-state index contributed by atoms with van der Waals surface area (Å²) in [6.45, 7) is 2.01. The monoisotopic (exact) mass is 321 g/mol. The maximum atomic E-state index is 12.9. The third-order valence-electron chi connectivity index (χ3n) is 3.46. The summed E-state index contributed by atoms with van der Waals surface area (Å²) in [7, 11) is 0. The van der Waals surface area contributed by atoms with Gasteiger partial charge in [-0.25, -0.2) is 4.39 Å². The summed E-state index contributed by atoms with van der Waals surface area (Å²) >= 11 is 0. The number of aryl methyl sites for hydroxylation is 1. The van der Waals surface area contributed by atoms with Crippen LogP contribution in [0.25, 0.3) is 0 Å². The van der Waals surface area contributed by atoms with Crippen molar-refractivity contribution in [3.8, 4) is 11.5 Å². The second kappa shape index (κ2) is 6.96. The third kappa shape index (κ3) is 3.98. The third-order valence-corrected chi connectivity index (χ3v) is 3.46. The van der Waals surface area contributed by atoms with Crippen LogP contribution in [-0.4, -0.2) is 5.91 Å². The highest BCUT2D eigenvalue weighted by molar-refractivity contribution is 6.04. The highest BCUT2D eigenvalue weighted by atomic mass is 19.1. The molecule has 0 aliphatic heterocycles. The van der Waals surface area contributed by atoms with Gasteiger partial charge in [0.2, 0.25) is 0 Å². The summed E-state index contributed by atoms with van der Waals surface area (Å²) in [6.07, 6.45) is 0. The Morgan fingerprint density at radius 3 is 2.33 bits per heavy atom. The molecule has 1 amide bonds. The van der Waals surface area contributed by atoms with Crippen molar-refractivity contribution in [2.45, 2.75) is 6.92 Å². The summed E-state index contributed by atoms with van der Waals surface area (Å²) in [5.74, 6) is 0.668. The Balaban J connectivity index is 1.71. The minimum Gasteiger partial charge on any atom is -0.457 e. The lowest BCUT2D eigenvalue weighted by molar-refractivity contribution is 0.102. The Bertz CT molecular complexity index is 842. The molecule has 0 atom stereocenters. The van der Waals surface area contributed by atoms with Crippen LogP contribution in [0.15, 0.2) is 72.8 Å². The van der Waals surface area contributed by atoms with E-state index in [2.05, 4.69) is 5.32 Å². The standard InChI is InChI=1S/C20H16FNO2/c1-14-5-11-18(12-6-14)24-19-4-2-3-17(13-19)22-20(23)15-7-9-16(21)10-8-15/h2-13H,1H3,(H,22,23). The van der Waals surface area contributed by atoms with E-state index in [4.69, 9.17) is 4.74 Å². The van der Waals surface area contributed by atoms with Crippen molar-refractivity contribution in [3.63, 3.8) is 0 Å². The number of amides is 1. The Labute approximate surface area is 139 Å². The average molecular weight is 321 g/mol. The number of carbonyl (C=O) groups excluding carboxylic acids is 1. The highest BCUT2D eigenvalue weighted by Gasteiger charge is 2.07. The number of ether oxygens (including phenoxy) is 1. The van der Waals surface area contributed by atoms with Crippen molar-refractivity contribution in [3.05, 3.63) is 89.7 Å². The molecule has 0 spiro atoms. The summed E-state index contributed by atoms with van der Waals surface area (Å²) in [5.41, 5.74) is 2.15. The molecule has 120 valence electrons. The van der Waals surface area contributed by atoms with Gasteiger partial charge in [-0.3, -0.25) is 4.79 Å². The number of hydrogen-bond acceptors (Lipinski definition) is 2. The van der Waals surface area contributed by atoms with Crippen LogP contribution >= 0.6 is 0 Å². The predicted molar refractivity (Wildman–Crippen MR) is 92.0 cm³/mol. The molecule has 0 aliphatic carbocycles. The highest BCUT2D eigenvalue weighted by Crippen LogP contribution is 2.24. The number of rotatable bonds is 4. The SMILES string of the molecule is Cc1ccc(Oc2cccc(NC(=O)c3ccc(F)cc3)c2)cc1. The van der Waals surface area contributed by atoms with E-state index in [-0.39, 0.29) is 11.7 Å². The van der Waals surface area contributed by atoms with Gasteiger partial charge in [0, 0.05) is 17.3 Å². The van der Waals surface area contributed by atoms with Crippen LogP contribution < -0.4 is 10.1 Å². The number of anilines is 1. The van der Waals surface area contributed by atoms with Crippen molar-refractivity contribution in [2.75, 3.05) is 5.32 Å². The fourth-order valence-corrected chi connectivity index (χ4v) is 2.18. The van der Waals surface area contributed by atoms with E-state index in [1.54, 1.807) is 18.2 Å². The van der Waals surface area contributed by atoms with E-state index in [0.717, 1.165) is 11.3 Å². The second-order valence-electron chi connectivity index (χ2n) is 5.40. The zero-order chi connectivity index (χ0) is 16.9. The molecule has 4 heteroatoms. The fraction of sp³-hybridized carbons (Fsp3) is 0.0500. The molecule has 24 heavy (non-hydrogen) atoms. The van der Waals surface area contributed by atoms with Gasteiger partial charge in [-0.2, -0.15) is 0 Å². The summed E-state index contributed by atoms with van der Waals surface area (Å²) in [4.78, 5) is 12.2. The zero-order valence-corrected chi connectivity index (χ0v) is 13.1. The van der Waals surface area contributed by atoms with Crippen molar-refractivity contribution >= 4 is 11.6 Å². The molecular weight excluding hydrogens is 305 g/mol. The number of nitrogens with one attached hydrogen (secondary N) is 1. The average Bonchev–Trinajstić information content (AvgIpc) is 2.58. The van der Waals surface area contributed by atoms with Crippen LogP contribution in [0.4, 0.5) is 10.1 Å². The van der Waals surface area contributed by atoms with Crippen molar-refractivity contribution in [1.29, 1.82) is 0 Å². The summed E-state index contributed by atoms with van der Waals surface area (Å²) in [6, 6.07) is 20.2.